The van der Waals surface area contributed by atoms with Crippen LogP contribution in [0.2, 0.25) is 0 Å². The van der Waals surface area contributed by atoms with Crippen molar-refractivity contribution in [2.24, 2.45) is 17.6 Å². The molecule has 2 aliphatic rings. The van der Waals surface area contributed by atoms with Gasteiger partial charge in [0.2, 0.25) is 11.8 Å². The molecule has 0 bridgehead atoms. The number of nitrogens with one attached hydrogen (secondary N) is 1. The van der Waals surface area contributed by atoms with Crippen molar-refractivity contribution in [1.29, 1.82) is 0 Å². The lowest BCUT2D eigenvalue weighted by atomic mass is 9.95. The second-order valence-electron chi connectivity index (χ2n) is 7.28. The molecule has 0 radical (unpaired) electrons. The number of piperazine rings is 1. The van der Waals surface area contributed by atoms with Crippen LogP contribution in [-0.4, -0.2) is 56.0 Å². The molecule has 1 saturated carbocycles. The Morgan fingerprint density at radius 2 is 1.71 bits per heavy atom. The number of para-hydroxylation sites is 1. The average Bonchev–Trinajstić information content (AvgIpc) is 3.17. The SMILES string of the molecule is Cl.Cl.NC[C@H]1CCC[C@H]1C(=O)NCCC(=O)N1CCN(c2ccccc2)CC1. The van der Waals surface area contributed by atoms with Gasteiger partial charge in [-0.1, -0.05) is 24.6 Å². The number of benzene rings is 1. The lowest BCUT2D eigenvalue weighted by Gasteiger charge is -2.36. The number of nitrogens with zero attached hydrogens (tertiary/aromatic N) is 2. The fraction of sp³-hybridized carbons (Fsp3) is 0.600. The highest BCUT2D eigenvalue weighted by molar-refractivity contribution is 5.85. The van der Waals surface area contributed by atoms with Gasteiger partial charge in [-0.15, -0.1) is 24.8 Å². The van der Waals surface area contributed by atoms with Crippen LogP contribution >= 0.6 is 24.8 Å². The molecule has 0 aromatic heterocycles. The Bertz CT molecular complexity index is 609. The molecule has 2 fully saturated rings. The third-order valence-electron chi connectivity index (χ3n) is 5.69. The topological polar surface area (TPSA) is 78.7 Å². The number of rotatable bonds is 6. The minimum atomic E-state index is 0. The minimum absolute atomic E-state index is 0. The van der Waals surface area contributed by atoms with Crippen molar-refractivity contribution in [2.75, 3.05) is 44.2 Å². The third kappa shape index (κ3) is 6.26. The number of anilines is 1. The zero-order valence-electron chi connectivity index (χ0n) is 16.2. The lowest BCUT2D eigenvalue weighted by Crippen LogP contribution is -2.49. The van der Waals surface area contributed by atoms with E-state index in [0.717, 1.165) is 45.4 Å². The Morgan fingerprint density at radius 3 is 2.36 bits per heavy atom. The van der Waals surface area contributed by atoms with E-state index in [9.17, 15) is 9.59 Å². The van der Waals surface area contributed by atoms with Gasteiger partial charge in [0, 0.05) is 50.7 Å². The van der Waals surface area contributed by atoms with Crippen molar-refractivity contribution in [2.45, 2.75) is 25.7 Å². The highest BCUT2D eigenvalue weighted by Crippen LogP contribution is 2.30. The van der Waals surface area contributed by atoms with E-state index in [1.807, 2.05) is 23.1 Å². The molecule has 1 heterocycles. The maximum Gasteiger partial charge on any atom is 0.224 e. The first-order valence-electron chi connectivity index (χ1n) is 9.74. The van der Waals surface area contributed by atoms with Crippen molar-refractivity contribution in [1.82, 2.24) is 10.2 Å². The molecule has 6 nitrogen and oxygen atoms in total. The van der Waals surface area contributed by atoms with Crippen LogP contribution in [0.25, 0.3) is 0 Å². The molecule has 1 aliphatic heterocycles. The molecular weight excluding hydrogens is 399 g/mol. The van der Waals surface area contributed by atoms with Crippen LogP contribution in [0.5, 0.6) is 0 Å². The third-order valence-corrected chi connectivity index (χ3v) is 5.69. The zero-order chi connectivity index (χ0) is 18.4. The molecule has 158 valence electrons. The van der Waals surface area contributed by atoms with Gasteiger partial charge in [-0.05, 0) is 37.4 Å². The quantitative estimate of drug-likeness (QED) is 0.723. The van der Waals surface area contributed by atoms with E-state index < -0.39 is 0 Å². The molecule has 0 unspecified atom stereocenters. The summed E-state index contributed by atoms with van der Waals surface area (Å²) in [6.45, 7) is 4.16. The number of halogens is 2. The van der Waals surface area contributed by atoms with Crippen molar-refractivity contribution in [3.05, 3.63) is 30.3 Å². The van der Waals surface area contributed by atoms with Gasteiger partial charge in [-0.25, -0.2) is 0 Å². The van der Waals surface area contributed by atoms with Gasteiger partial charge in [0.25, 0.3) is 0 Å². The standard InChI is InChI=1S/C20H30N4O2.2ClH/c21-15-16-5-4-8-18(16)20(26)22-10-9-19(25)24-13-11-23(12-14-24)17-6-2-1-3-7-17;;/h1-3,6-7,16,18H,4-5,8-15,21H2,(H,22,26);2*1H/t16-,18-;;/m1../s1. The second kappa shape index (κ2) is 12.1. The van der Waals surface area contributed by atoms with E-state index in [1.54, 1.807) is 0 Å². The summed E-state index contributed by atoms with van der Waals surface area (Å²) in [7, 11) is 0. The monoisotopic (exact) mass is 430 g/mol. The van der Waals surface area contributed by atoms with E-state index in [2.05, 4.69) is 22.3 Å². The summed E-state index contributed by atoms with van der Waals surface area (Å²) in [6, 6.07) is 10.3. The predicted octanol–water partition coefficient (Wildman–Crippen LogP) is 2.06. The normalized spacial score (nSPS) is 21.5. The van der Waals surface area contributed by atoms with Crippen LogP contribution in [0.15, 0.2) is 30.3 Å². The highest BCUT2D eigenvalue weighted by atomic mass is 35.5. The van der Waals surface area contributed by atoms with Crippen LogP contribution in [0.1, 0.15) is 25.7 Å². The molecule has 1 aromatic carbocycles. The maximum absolute atomic E-state index is 12.4. The molecule has 1 aromatic rings. The van der Waals surface area contributed by atoms with E-state index in [1.165, 1.54) is 5.69 Å². The summed E-state index contributed by atoms with van der Waals surface area (Å²) in [5, 5.41) is 2.94. The minimum Gasteiger partial charge on any atom is -0.368 e. The van der Waals surface area contributed by atoms with Crippen LogP contribution < -0.4 is 16.0 Å². The van der Waals surface area contributed by atoms with E-state index in [0.29, 0.717) is 25.4 Å². The molecule has 1 aliphatic carbocycles. The molecule has 2 atom stereocenters. The number of hydrogen-bond donors (Lipinski definition) is 2. The van der Waals surface area contributed by atoms with Crippen LogP contribution in [-0.2, 0) is 9.59 Å². The summed E-state index contributed by atoms with van der Waals surface area (Å²) in [5.41, 5.74) is 6.95. The number of carbonyl (C=O) groups excluding carboxylic acids is 2. The lowest BCUT2D eigenvalue weighted by molar-refractivity contribution is -0.131. The van der Waals surface area contributed by atoms with Gasteiger partial charge in [-0.3, -0.25) is 9.59 Å². The first-order chi connectivity index (χ1) is 12.7. The van der Waals surface area contributed by atoms with Crippen molar-refractivity contribution >= 4 is 42.3 Å². The first-order valence-corrected chi connectivity index (χ1v) is 9.74. The molecule has 0 spiro atoms. The van der Waals surface area contributed by atoms with Gasteiger partial charge in [-0.2, -0.15) is 0 Å². The van der Waals surface area contributed by atoms with Gasteiger partial charge >= 0.3 is 0 Å². The Hall–Kier alpha value is -1.50. The van der Waals surface area contributed by atoms with E-state index in [4.69, 9.17) is 5.73 Å². The first kappa shape index (κ1) is 24.5. The van der Waals surface area contributed by atoms with Gasteiger partial charge in [0.1, 0.15) is 0 Å². The Balaban J connectivity index is 0.00000196. The van der Waals surface area contributed by atoms with Crippen LogP contribution in [0, 0.1) is 11.8 Å². The fourth-order valence-corrected chi connectivity index (χ4v) is 4.10. The molecule has 28 heavy (non-hydrogen) atoms. The Morgan fingerprint density at radius 1 is 1.04 bits per heavy atom. The largest absolute Gasteiger partial charge is 0.368 e. The summed E-state index contributed by atoms with van der Waals surface area (Å²) < 4.78 is 0. The maximum atomic E-state index is 12.4. The number of nitrogens with two attached hydrogens (primary N) is 1. The number of amides is 2. The summed E-state index contributed by atoms with van der Waals surface area (Å²) >= 11 is 0. The van der Waals surface area contributed by atoms with Gasteiger partial charge in [0.15, 0.2) is 0 Å². The van der Waals surface area contributed by atoms with E-state index in [-0.39, 0.29) is 42.5 Å². The second-order valence-corrected chi connectivity index (χ2v) is 7.28. The zero-order valence-corrected chi connectivity index (χ0v) is 17.9. The average molecular weight is 431 g/mol. The van der Waals surface area contributed by atoms with Crippen LogP contribution in [0.3, 0.4) is 0 Å². The highest BCUT2D eigenvalue weighted by Gasteiger charge is 2.31. The molecule has 3 N–H and O–H groups in total. The smallest absolute Gasteiger partial charge is 0.224 e. The molecule has 2 amide bonds. The molecular formula is C20H32Cl2N4O2. The van der Waals surface area contributed by atoms with E-state index >= 15 is 0 Å². The Kier molecular flexibility index (Phi) is 10.6. The fourth-order valence-electron chi connectivity index (χ4n) is 4.10. The van der Waals surface area contributed by atoms with Crippen molar-refractivity contribution in [3.8, 4) is 0 Å². The van der Waals surface area contributed by atoms with Gasteiger partial charge in [0.05, 0.1) is 0 Å². The van der Waals surface area contributed by atoms with Gasteiger partial charge < -0.3 is 20.9 Å². The summed E-state index contributed by atoms with van der Waals surface area (Å²) in [5.74, 6) is 0.528. The molecule has 3 rings (SSSR count). The summed E-state index contributed by atoms with van der Waals surface area (Å²) in [4.78, 5) is 28.9. The number of hydrogen-bond acceptors (Lipinski definition) is 4. The Labute approximate surface area is 180 Å². The molecule has 1 saturated heterocycles. The summed E-state index contributed by atoms with van der Waals surface area (Å²) in [6.07, 6.45) is 3.41. The van der Waals surface area contributed by atoms with Crippen LogP contribution in [0.4, 0.5) is 5.69 Å². The predicted molar refractivity (Wildman–Crippen MR) is 117 cm³/mol. The van der Waals surface area contributed by atoms with Crippen molar-refractivity contribution < 1.29 is 9.59 Å². The van der Waals surface area contributed by atoms with Crippen molar-refractivity contribution in [3.63, 3.8) is 0 Å². The molecule has 8 heteroatoms. The number of carbonyl (C=O) groups is 2.